The van der Waals surface area contributed by atoms with E-state index in [4.69, 9.17) is 0 Å². The minimum Gasteiger partial charge on any atom is -0.367 e. The first-order valence-electron chi connectivity index (χ1n) is 6.75. The van der Waals surface area contributed by atoms with E-state index in [0.717, 1.165) is 17.4 Å². The molecule has 1 aromatic heterocycles. The fourth-order valence-corrected chi connectivity index (χ4v) is 2.49. The summed E-state index contributed by atoms with van der Waals surface area (Å²) in [5.41, 5.74) is 1.12. The second-order valence-corrected chi connectivity index (χ2v) is 5.50. The van der Waals surface area contributed by atoms with Gasteiger partial charge in [0.05, 0.1) is 0 Å². The molecule has 1 N–H and O–H groups in total. The van der Waals surface area contributed by atoms with Crippen molar-refractivity contribution in [1.82, 2.24) is 9.97 Å². The van der Waals surface area contributed by atoms with Gasteiger partial charge in [0, 0.05) is 17.8 Å². The number of rotatable bonds is 3. The van der Waals surface area contributed by atoms with E-state index in [1.54, 1.807) is 6.33 Å². The smallest absolute Gasteiger partial charge is 0.129 e. The predicted molar refractivity (Wildman–Crippen MR) is 71.2 cm³/mol. The van der Waals surface area contributed by atoms with Crippen LogP contribution in [0.1, 0.15) is 58.1 Å². The maximum absolute atomic E-state index is 4.33. The fourth-order valence-electron chi connectivity index (χ4n) is 2.49. The zero-order valence-electron chi connectivity index (χ0n) is 11.1. The van der Waals surface area contributed by atoms with Crippen LogP contribution in [-0.2, 0) is 0 Å². The molecule has 2 atom stereocenters. The van der Waals surface area contributed by atoms with Crippen molar-refractivity contribution in [3.63, 3.8) is 0 Å². The number of aromatic nitrogens is 2. The topological polar surface area (TPSA) is 37.8 Å². The van der Waals surface area contributed by atoms with Crippen molar-refractivity contribution in [2.75, 3.05) is 5.32 Å². The van der Waals surface area contributed by atoms with E-state index in [-0.39, 0.29) is 0 Å². The van der Waals surface area contributed by atoms with Gasteiger partial charge < -0.3 is 5.32 Å². The molecular weight excluding hydrogens is 210 g/mol. The van der Waals surface area contributed by atoms with E-state index in [2.05, 4.69) is 42.1 Å². The minimum absolute atomic E-state index is 0.460. The summed E-state index contributed by atoms with van der Waals surface area (Å²) in [6, 6.07) is 2.67. The lowest BCUT2D eigenvalue weighted by atomic mass is 9.86. The monoisotopic (exact) mass is 233 g/mol. The molecule has 0 spiro atoms. The first-order chi connectivity index (χ1) is 8.16. The van der Waals surface area contributed by atoms with Gasteiger partial charge in [0.15, 0.2) is 0 Å². The molecule has 1 heterocycles. The molecule has 1 aliphatic rings. The lowest BCUT2D eigenvalue weighted by Gasteiger charge is -2.30. The highest BCUT2D eigenvalue weighted by Crippen LogP contribution is 2.26. The van der Waals surface area contributed by atoms with Crippen LogP contribution in [-0.4, -0.2) is 16.0 Å². The molecule has 1 aliphatic carbocycles. The van der Waals surface area contributed by atoms with Crippen LogP contribution in [0.3, 0.4) is 0 Å². The maximum atomic E-state index is 4.33. The Morgan fingerprint density at radius 2 is 2.00 bits per heavy atom. The zero-order chi connectivity index (χ0) is 12.3. The van der Waals surface area contributed by atoms with Gasteiger partial charge in [-0.3, -0.25) is 0 Å². The second-order valence-electron chi connectivity index (χ2n) is 5.50. The summed E-state index contributed by atoms with van der Waals surface area (Å²) >= 11 is 0. The van der Waals surface area contributed by atoms with Crippen molar-refractivity contribution < 1.29 is 0 Å². The Hall–Kier alpha value is -1.12. The van der Waals surface area contributed by atoms with Crippen molar-refractivity contribution in [2.24, 2.45) is 5.92 Å². The lowest BCUT2D eigenvalue weighted by Crippen LogP contribution is -2.30. The van der Waals surface area contributed by atoms with E-state index in [1.807, 2.05) is 0 Å². The summed E-state index contributed by atoms with van der Waals surface area (Å²) in [7, 11) is 0. The predicted octanol–water partition coefficient (Wildman–Crippen LogP) is 3.59. The minimum atomic E-state index is 0.460. The largest absolute Gasteiger partial charge is 0.367 e. The average molecular weight is 233 g/mol. The average Bonchev–Trinajstić information content (AvgIpc) is 2.32. The maximum Gasteiger partial charge on any atom is 0.129 e. The molecular formula is C14H23N3. The Morgan fingerprint density at radius 3 is 2.71 bits per heavy atom. The van der Waals surface area contributed by atoms with Gasteiger partial charge in [-0.25, -0.2) is 9.97 Å². The van der Waals surface area contributed by atoms with Crippen LogP contribution in [0.5, 0.6) is 0 Å². The first kappa shape index (κ1) is 12.3. The third kappa shape index (κ3) is 3.18. The molecule has 0 radical (unpaired) electrons. The van der Waals surface area contributed by atoms with Crippen molar-refractivity contribution >= 4 is 5.82 Å². The summed E-state index contributed by atoms with van der Waals surface area (Å²) in [6.07, 6.45) is 6.98. The van der Waals surface area contributed by atoms with Gasteiger partial charge >= 0.3 is 0 Å². The van der Waals surface area contributed by atoms with Crippen LogP contribution in [0.2, 0.25) is 0 Å². The molecule has 1 saturated carbocycles. The van der Waals surface area contributed by atoms with Gasteiger partial charge in [-0.15, -0.1) is 0 Å². The van der Waals surface area contributed by atoms with E-state index in [9.17, 15) is 0 Å². The Bertz CT molecular complexity index is 362. The van der Waals surface area contributed by atoms with E-state index in [0.29, 0.717) is 12.0 Å². The van der Waals surface area contributed by atoms with Gasteiger partial charge in [-0.1, -0.05) is 33.6 Å². The Morgan fingerprint density at radius 1 is 1.24 bits per heavy atom. The molecule has 1 aromatic rings. The van der Waals surface area contributed by atoms with Crippen molar-refractivity contribution in [1.29, 1.82) is 0 Å². The van der Waals surface area contributed by atoms with Gasteiger partial charge in [0.1, 0.15) is 12.1 Å². The highest BCUT2D eigenvalue weighted by molar-refractivity contribution is 5.37. The van der Waals surface area contributed by atoms with Crippen LogP contribution in [0.15, 0.2) is 12.4 Å². The number of hydrogen-bond acceptors (Lipinski definition) is 3. The quantitative estimate of drug-likeness (QED) is 0.867. The molecule has 0 saturated heterocycles. The van der Waals surface area contributed by atoms with E-state index in [1.165, 1.54) is 25.7 Å². The van der Waals surface area contributed by atoms with Crippen molar-refractivity contribution in [3.8, 4) is 0 Å². The molecule has 3 heteroatoms. The molecule has 17 heavy (non-hydrogen) atoms. The van der Waals surface area contributed by atoms with Crippen molar-refractivity contribution in [2.45, 2.75) is 58.4 Å². The Balaban J connectivity index is 2.04. The first-order valence-corrected chi connectivity index (χ1v) is 6.75. The third-order valence-electron chi connectivity index (χ3n) is 3.72. The molecule has 2 rings (SSSR count). The van der Waals surface area contributed by atoms with Gasteiger partial charge in [-0.2, -0.15) is 0 Å². The second kappa shape index (κ2) is 5.48. The third-order valence-corrected chi connectivity index (χ3v) is 3.72. The van der Waals surface area contributed by atoms with Gasteiger partial charge in [0.2, 0.25) is 0 Å². The molecule has 0 aromatic carbocycles. The normalized spacial score (nSPS) is 24.9. The van der Waals surface area contributed by atoms with Gasteiger partial charge in [-0.05, 0) is 24.7 Å². The number of hydrogen-bond donors (Lipinski definition) is 1. The zero-order valence-corrected chi connectivity index (χ0v) is 11.1. The molecule has 0 amide bonds. The van der Waals surface area contributed by atoms with Crippen LogP contribution in [0, 0.1) is 5.92 Å². The van der Waals surface area contributed by atoms with Crippen LogP contribution >= 0.6 is 0 Å². The van der Waals surface area contributed by atoms with Crippen LogP contribution in [0.4, 0.5) is 5.82 Å². The molecule has 3 nitrogen and oxygen atoms in total. The number of nitrogens with one attached hydrogen (secondary N) is 1. The summed E-state index contributed by atoms with van der Waals surface area (Å²) in [5, 5.41) is 3.57. The summed E-state index contributed by atoms with van der Waals surface area (Å²) in [5.74, 6) is 2.20. The standard InChI is InChI=1S/C14H23N3/c1-10(2)13-8-14(16-9-15-13)17-12-7-5-4-6-11(12)3/h8-12H,4-7H2,1-3H3,(H,15,16,17). The fraction of sp³-hybridized carbons (Fsp3) is 0.714. The van der Waals surface area contributed by atoms with Crippen LogP contribution < -0.4 is 5.32 Å². The molecule has 0 bridgehead atoms. The van der Waals surface area contributed by atoms with Gasteiger partial charge in [0.25, 0.3) is 0 Å². The van der Waals surface area contributed by atoms with Crippen LogP contribution in [0.25, 0.3) is 0 Å². The highest BCUT2D eigenvalue weighted by Gasteiger charge is 2.21. The highest BCUT2D eigenvalue weighted by atomic mass is 15.0. The number of nitrogens with zero attached hydrogens (tertiary/aromatic N) is 2. The molecule has 2 unspecified atom stereocenters. The molecule has 1 fully saturated rings. The molecule has 0 aliphatic heterocycles. The van der Waals surface area contributed by atoms with E-state index < -0.39 is 0 Å². The summed E-state index contributed by atoms with van der Waals surface area (Å²) < 4.78 is 0. The lowest BCUT2D eigenvalue weighted by molar-refractivity contribution is 0.349. The Labute approximate surface area is 104 Å². The molecule has 94 valence electrons. The SMILES string of the molecule is CC(C)c1cc(NC2CCCCC2C)ncn1. The summed E-state index contributed by atoms with van der Waals surface area (Å²) in [4.78, 5) is 8.63. The summed E-state index contributed by atoms with van der Waals surface area (Å²) in [6.45, 7) is 6.66. The number of anilines is 1. The van der Waals surface area contributed by atoms with Crippen molar-refractivity contribution in [3.05, 3.63) is 18.1 Å². The van der Waals surface area contributed by atoms with E-state index >= 15 is 0 Å². The Kier molecular flexibility index (Phi) is 3.97.